The SMILES string of the molecule is CS(=O)(=O)N1CCc2c(c(-c3ccc(C(F)(F)F)c(SCCN4CCCC(CO)C4)c3)nn2CC(O)CN2CCN(c3ccccc3O)CC2)C1. The van der Waals surface area contributed by atoms with E-state index in [1.807, 2.05) is 12.1 Å². The largest absolute Gasteiger partial charge is 0.506 e. The van der Waals surface area contributed by atoms with Crippen LogP contribution in [-0.4, -0.2) is 131 Å². The Morgan fingerprint density at radius 2 is 1.78 bits per heavy atom. The van der Waals surface area contributed by atoms with Gasteiger partial charge in [0.1, 0.15) is 5.75 Å². The van der Waals surface area contributed by atoms with Crippen molar-refractivity contribution in [3.63, 3.8) is 0 Å². The van der Waals surface area contributed by atoms with Crippen LogP contribution in [0, 0.1) is 5.92 Å². The van der Waals surface area contributed by atoms with Gasteiger partial charge in [0.15, 0.2) is 0 Å². The number of hydrogen-bond donors (Lipinski definition) is 3. The van der Waals surface area contributed by atoms with E-state index in [9.17, 15) is 36.9 Å². The summed E-state index contributed by atoms with van der Waals surface area (Å²) in [5, 5.41) is 35.9. The number of sulfonamides is 1. The predicted octanol–water partition coefficient (Wildman–Crippen LogP) is 3.57. The van der Waals surface area contributed by atoms with Gasteiger partial charge in [-0.25, -0.2) is 8.42 Å². The molecule has 11 nitrogen and oxygen atoms in total. The molecule has 51 heavy (non-hydrogen) atoms. The minimum absolute atomic E-state index is 0.0400. The maximum atomic E-state index is 14.2. The monoisotopic (exact) mass is 752 g/mol. The van der Waals surface area contributed by atoms with Crippen LogP contribution in [0.1, 0.15) is 29.7 Å². The lowest BCUT2D eigenvalue weighted by atomic mass is 9.99. The zero-order chi connectivity index (χ0) is 36.3. The molecule has 6 rings (SSSR count). The molecular formula is C35H47F3N6O5S2. The number of rotatable bonds is 12. The maximum absolute atomic E-state index is 14.2. The first kappa shape index (κ1) is 37.9. The Balaban J connectivity index is 1.20. The summed E-state index contributed by atoms with van der Waals surface area (Å²) in [6.45, 7) is 5.81. The number of alkyl halides is 3. The molecule has 16 heteroatoms. The van der Waals surface area contributed by atoms with Crippen LogP contribution in [0.5, 0.6) is 5.75 Å². The standard InChI is InChI=1S/C35H47F3N6O5S2/c1-51(48,49)43-12-10-30-28(23-43)34(39-44(30)22-27(46)21-41-13-15-42(16-14-41)31-6-2-3-7-32(31)47)26-8-9-29(35(36,37)38)33(19-26)50-18-17-40-11-4-5-25(20-40)24-45/h2-3,6-9,19,25,27,45-47H,4-5,10-18,20-24H2,1H3. The number of likely N-dealkylation sites (tertiary alicyclic amines) is 1. The highest BCUT2D eigenvalue weighted by Gasteiger charge is 2.35. The molecule has 0 amide bonds. The highest BCUT2D eigenvalue weighted by Crippen LogP contribution is 2.40. The summed E-state index contributed by atoms with van der Waals surface area (Å²) >= 11 is 1.14. The summed E-state index contributed by atoms with van der Waals surface area (Å²) < 4.78 is 70.8. The Bertz CT molecular complexity index is 1770. The van der Waals surface area contributed by atoms with Gasteiger partial charge in [-0.15, -0.1) is 11.8 Å². The fraction of sp³-hybridized carbons (Fsp3) is 0.571. The van der Waals surface area contributed by atoms with Crippen molar-refractivity contribution in [2.45, 2.75) is 49.5 Å². The van der Waals surface area contributed by atoms with Crippen LogP contribution in [0.25, 0.3) is 11.3 Å². The number of para-hydroxylation sites is 2. The minimum Gasteiger partial charge on any atom is -0.506 e. The van der Waals surface area contributed by atoms with Gasteiger partial charge in [0, 0.05) is 99.4 Å². The molecule has 3 aromatic rings. The number of phenols is 1. The summed E-state index contributed by atoms with van der Waals surface area (Å²) in [7, 11) is -3.54. The third-order valence-corrected chi connectivity index (χ3v) is 12.4. The second-order valence-corrected chi connectivity index (χ2v) is 16.9. The first-order valence-electron chi connectivity index (χ1n) is 17.4. The maximum Gasteiger partial charge on any atom is 0.417 e. The zero-order valence-electron chi connectivity index (χ0n) is 28.8. The lowest BCUT2D eigenvalue weighted by Crippen LogP contribution is -2.49. The van der Waals surface area contributed by atoms with E-state index >= 15 is 0 Å². The van der Waals surface area contributed by atoms with Gasteiger partial charge in [0.25, 0.3) is 0 Å². The summed E-state index contributed by atoms with van der Waals surface area (Å²) in [5.74, 6) is 0.851. The van der Waals surface area contributed by atoms with E-state index in [0.717, 1.165) is 61.4 Å². The molecule has 0 radical (unpaired) electrons. The highest BCUT2D eigenvalue weighted by atomic mass is 32.2. The predicted molar refractivity (Wildman–Crippen MR) is 191 cm³/mol. The van der Waals surface area contributed by atoms with Crippen molar-refractivity contribution in [1.82, 2.24) is 23.9 Å². The number of hydrogen-bond acceptors (Lipinski definition) is 10. The molecule has 3 aliphatic heterocycles. The minimum atomic E-state index is -4.56. The molecular weight excluding hydrogens is 706 g/mol. The molecule has 0 spiro atoms. The Morgan fingerprint density at radius 3 is 2.49 bits per heavy atom. The number of piperidine rings is 1. The average Bonchev–Trinajstić information content (AvgIpc) is 3.45. The molecule has 3 aliphatic rings. The molecule has 2 unspecified atom stereocenters. The number of thioether (sulfide) groups is 1. The Hall–Kier alpha value is -2.86. The number of benzene rings is 2. The van der Waals surface area contributed by atoms with Crippen LogP contribution < -0.4 is 4.90 Å². The number of β-amino-alcohol motifs (C(OH)–C–C–N with tert-alkyl or cyclic N) is 1. The third-order valence-electron chi connectivity index (χ3n) is 10.1. The Morgan fingerprint density at radius 1 is 1.02 bits per heavy atom. The lowest BCUT2D eigenvalue weighted by molar-refractivity contribution is -0.139. The molecule has 4 heterocycles. The van der Waals surface area contributed by atoms with E-state index in [0.29, 0.717) is 68.3 Å². The Labute approximate surface area is 301 Å². The van der Waals surface area contributed by atoms with Crippen molar-refractivity contribution in [1.29, 1.82) is 0 Å². The highest BCUT2D eigenvalue weighted by molar-refractivity contribution is 7.99. The summed E-state index contributed by atoms with van der Waals surface area (Å²) in [6.07, 6.45) is -1.97. The van der Waals surface area contributed by atoms with E-state index in [4.69, 9.17) is 5.10 Å². The first-order chi connectivity index (χ1) is 24.3. The number of aliphatic hydroxyl groups excluding tert-OH is 2. The second kappa shape index (κ2) is 16.0. The van der Waals surface area contributed by atoms with E-state index in [1.54, 1.807) is 16.8 Å². The number of anilines is 1. The van der Waals surface area contributed by atoms with Gasteiger partial charge in [-0.3, -0.25) is 9.58 Å². The van der Waals surface area contributed by atoms with E-state index < -0.39 is 27.9 Å². The number of phenolic OH excluding ortho intramolecular Hbond substituents is 1. The van der Waals surface area contributed by atoms with Crippen LogP contribution in [0.3, 0.4) is 0 Å². The van der Waals surface area contributed by atoms with Gasteiger partial charge in [0.2, 0.25) is 10.0 Å². The zero-order valence-corrected chi connectivity index (χ0v) is 30.4. The molecule has 2 saturated heterocycles. The van der Waals surface area contributed by atoms with Gasteiger partial charge in [-0.05, 0) is 49.6 Å². The molecule has 2 atom stereocenters. The van der Waals surface area contributed by atoms with Gasteiger partial charge in [-0.2, -0.15) is 22.6 Å². The summed E-state index contributed by atoms with van der Waals surface area (Å²) in [4.78, 5) is 6.53. The van der Waals surface area contributed by atoms with Crippen LogP contribution in [0.2, 0.25) is 0 Å². The third kappa shape index (κ3) is 9.21. The topological polar surface area (TPSA) is 126 Å². The van der Waals surface area contributed by atoms with Crippen molar-refractivity contribution in [2.75, 3.05) is 82.4 Å². The molecule has 2 aromatic carbocycles. The van der Waals surface area contributed by atoms with Crippen molar-refractivity contribution in [3.8, 4) is 17.0 Å². The van der Waals surface area contributed by atoms with Gasteiger partial charge < -0.3 is 25.1 Å². The fourth-order valence-corrected chi connectivity index (χ4v) is 9.31. The van der Waals surface area contributed by atoms with Crippen molar-refractivity contribution in [3.05, 3.63) is 59.3 Å². The van der Waals surface area contributed by atoms with Gasteiger partial charge >= 0.3 is 6.18 Å². The normalized spacial score (nSPS) is 20.4. The van der Waals surface area contributed by atoms with Crippen LogP contribution in [0.15, 0.2) is 47.4 Å². The Kier molecular flexibility index (Phi) is 11.9. The fourth-order valence-electron chi connectivity index (χ4n) is 7.40. The molecule has 0 saturated carbocycles. The van der Waals surface area contributed by atoms with E-state index in [2.05, 4.69) is 14.7 Å². The van der Waals surface area contributed by atoms with Crippen molar-refractivity contribution in [2.24, 2.45) is 5.92 Å². The first-order valence-corrected chi connectivity index (χ1v) is 20.3. The van der Waals surface area contributed by atoms with E-state index in [1.165, 1.54) is 16.4 Å². The summed E-state index contributed by atoms with van der Waals surface area (Å²) in [5.41, 5.74) is 2.33. The molecule has 2 fully saturated rings. The smallest absolute Gasteiger partial charge is 0.417 e. The number of nitrogens with zero attached hydrogens (tertiary/aromatic N) is 6. The number of aromatic hydroxyl groups is 1. The van der Waals surface area contributed by atoms with Crippen molar-refractivity contribution < 1.29 is 36.9 Å². The molecule has 280 valence electrons. The van der Waals surface area contributed by atoms with Crippen LogP contribution >= 0.6 is 11.8 Å². The lowest BCUT2D eigenvalue weighted by Gasteiger charge is -2.37. The van der Waals surface area contributed by atoms with Crippen LogP contribution in [-0.2, 0) is 35.7 Å². The van der Waals surface area contributed by atoms with E-state index in [-0.39, 0.29) is 42.8 Å². The summed E-state index contributed by atoms with van der Waals surface area (Å²) in [6, 6.07) is 11.2. The number of aromatic nitrogens is 2. The number of aliphatic hydroxyl groups is 2. The molecule has 0 aliphatic carbocycles. The van der Waals surface area contributed by atoms with Crippen LogP contribution in [0.4, 0.5) is 18.9 Å². The number of halogens is 3. The second-order valence-electron chi connectivity index (χ2n) is 13.8. The molecule has 0 bridgehead atoms. The molecule has 1 aromatic heterocycles. The van der Waals surface area contributed by atoms with Gasteiger partial charge in [0.05, 0.1) is 35.8 Å². The number of piperazine rings is 1. The van der Waals surface area contributed by atoms with Gasteiger partial charge in [-0.1, -0.05) is 18.2 Å². The number of fused-ring (bicyclic) bond motifs is 1. The van der Waals surface area contributed by atoms with Crippen molar-refractivity contribution >= 4 is 27.5 Å². The molecule has 3 N–H and O–H groups in total. The quantitative estimate of drug-likeness (QED) is 0.237. The average molecular weight is 753 g/mol.